The van der Waals surface area contributed by atoms with E-state index in [1.165, 1.54) is 0 Å². The van der Waals surface area contributed by atoms with Crippen LogP contribution in [0.2, 0.25) is 0 Å². The largest absolute Gasteiger partial charge is 0.493 e. The number of hydrogen-bond donors (Lipinski definition) is 1. The molecule has 1 saturated carbocycles. The van der Waals surface area contributed by atoms with Gasteiger partial charge in [-0.05, 0) is 68.7 Å². The number of amides is 2. The Balaban J connectivity index is 1.99. The predicted octanol–water partition coefficient (Wildman–Crippen LogP) is 5.49. The summed E-state index contributed by atoms with van der Waals surface area (Å²) in [6.07, 6.45) is 4.01. The maximum absolute atomic E-state index is 13.8. The van der Waals surface area contributed by atoms with Crippen molar-refractivity contribution in [1.29, 1.82) is 0 Å². The van der Waals surface area contributed by atoms with E-state index in [-0.39, 0.29) is 36.4 Å². The quantitative estimate of drug-likeness (QED) is 0.438. The molecule has 0 aromatic heterocycles. The summed E-state index contributed by atoms with van der Waals surface area (Å²) >= 11 is 6.03. The van der Waals surface area contributed by atoms with E-state index in [2.05, 4.69) is 12.2 Å². The van der Waals surface area contributed by atoms with Crippen LogP contribution in [0, 0.1) is 5.92 Å². The van der Waals surface area contributed by atoms with Crippen LogP contribution >= 0.6 is 11.6 Å². The second-order valence-electron chi connectivity index (χ2n) is 9.59. The average molecular weight is 501 g/mol. The van der Waals surface area contributed by atoms with Crippen LogP contribution in [0.3, 0.4) is 0 Å². The summed E-state index contributed by atoms with van der Waals surface area (Å²) in [4.78, 5) is 28.4. The highest BCUT2D eigenvalue weighted by atomic mass is 35.5. The molecule has 0 aliphatic heterocycles. The number of nitrogens with zero attached hydrogens (tertiary/aromatic N) is 1. The molecule has 35 heavy (non-hydrogen) atoms. The third-order valence-corrected chi connectivity index (χ3v) is 6.65. The molecule has 1 aliphatic rings. The van der Waals surface area contributed by atoms with Gasteiger partial charge in [0.2, 0.25) is 11.8 Å². The molecule has 0 heterocycles. The Morgan fingerprint density at radius 2 is 1.74 bits per heavy atom. The molecule has 2 aromatic carbocycles. The van der Waals surface area contributed by atoms with Gasteiger partial charge in [-0.3, -0.25) is 9.59 Å². The Kier molecular flexibility index (Phi) is 9.84. The number of carbonyl (C=O) groups excluding carboxylic acids is 2. The van der Waals surface area contributed by atoms with Crippen molar-refractivity contribution in [1.82, 2.24) is 10.2 Å². The molecule has 2 aromatic rings. The van der Waals surface area contributed by atoms with Crippen LogP contribution in [0.4, 0.5) is 0 Å². The van der Waals surface area contributed by atoms with Gasteiger partial charge in [0.15, 0.2) is 11.5 Å². The summed E-state index contributed by atoms with van der Waals surface area (Å²) in [6.45, 7) is 6.39. The fourth-order valence-corrected chi connectivity index (χ4v) is 4.70. The lowest BCUT2D eigenvalue weighted by atomic mass is 9.87. The minimum Gasteiger partial charge on any atom is -0.493 e. The number of halogens is 1. The third kappa shape index (κ3) is 7.38. The Morgan fingerprint density at radius 3 is 2.34 bits per heavy atom. The number of benzene rings is 2. The second kappa shape index (κ2) is 12.8. The first-order valence-corrected chi connectivity index (χ1v) is 12.9. The summed E-state index contributed by atoms with van der Waals surface area (Å²) in [7, 11) is 1.57. The fourth-order valence-electron chi connectivity index (χ4n) is 4.54. The van der Waals surface area contributed by atoms with Crippen LogP contribution in [0.15, 0.2) is 48.5 Å². The van der Waals surface area contributed by atoms with E-state index >= 15 is 0 Å². The second-order valence-corrected chi connectivity index (χ2v) is 9.85. The van der Waals surface area contributed by atoms with Crippen molar-refractivity contribution in [3.05, 3.63) is 59.7 Å². The lowest BCUT2D eigenvalue weighted by Gasteiger charge is -2.34. The lowest BCUT2D eigenvalue weighted by Crippen LogP contribution is -2.47. The molecule has 0 spiro atoms. The van der Waals surface area contributed by atoms with Gasteiger partial charge in [-0.25, -0.2) is 0 Å². The summed E-state index contributed by atoms with van der Waals surface area (Å²) < 4.78 is 11.4. The van der Waals surface area contributed by atoms with Gasteiger partial charge in [-0.15, -0.1) is 11.6 Å². The molecule has 1 N–H and O–H groups in total. The minimum atomic E-state index is -0.859. The van der Waals surface area contributed by atoms with Gasteiger partial charge in [0, 0.05) is 12.6 Å². The van der Waals surface area contributed by atoms with Crippen molar-refractivity contribution in [2.75, 3.05) is 13.0 Å². The maximum atomic E-state index is 13.8. The van der Waals surface area contributed by atoms with Crippen molar-refractivity contribution < 1.29 is 19.1 Å². The Labute approximate surface area is 213 Å². The molecule has 2 amide bonds. The van der Waals surface area contributed by atoms with E-state index in [1.807, 2.05) is 50.2 Å². The van der Waals surface area contributed by atoms with E-state index in [9.17, 15) is 9.59 Å². The van der Waals surface area contributed by atoms with E-state index in [0.29, 0.717) is 23.0 Å². The molecule has 1 aliphatic carbocycles. The molecular formula is C28H37ClN2O4. The highest BCUT2D eigenvalue weighted by molar-refractivity contribution is 6.27. The minimum absolute atomic E-state index is 0.0325. The van der Waals surface area contributed by atoms with Crippen LogP contribution in [0.1, 0.15) is 63.6 Å². The number of ether oxygens (including phenoxy) is 2. The number of carbonyl (C=O) groups is 2. The molecule has 7 heteroatoms. The zero-order chi connectivity index (χ0) is 25.4. The van der Waals surface area contributed by atoms with Crippen LogP contribution in [-0.4, -0.2) is 41.8 Å². The number of nitrogens with one attached hydrogen (secondary N) is 1. The van der Waals surface area contributed by atoms with Crippen molar-refractivity contribution in [3.63, 3.8) is 0 Å². The summed E-state index contributed by atoms with van der Waals surface area (Å²) in [5.41, 5.74) is 1.57. The van der Waals surface area contributed by atoms with E-state index in [1.54, 1.807) is 24.1 Å². The predicted molar refractivity (Wildman–Crippen MR) is 139 cm³/mol. The highest BCUT2D eigenvalue weighted by Crippen LogP contribution is 2.34. The van der Waals surface area contributed by atoms with Crippen LogP contribution < -0.4 is 14.8 Å². The average Bonchev–Trinajstić information content (AvgIpc) is 2.85. The Hall–Kier alpha value is -2.73. The van der Waals surface area contributed by atoms with E-state index in [0.717, 1.165) is 31.2 Å². The number of hydrogen-bond acceptors (Lipinski definition) is 4. The fraction of sp³-hybridized carbons (Fsp3) is 0.500. The summed E-state index contributed by atoms with van der Waals surface area (Å²) in [5, 5.41) is 3.22. The summed E-state index contributed by atoms with van der Waals surface area (Å²) in [5.74, 6) is 1.03. The lowest BCUT2D eigenvalue weighted by molar-refractivity contribution is -0.140. The SMILES string of the molecule is COc1cc([C@H](C(=O)NC2CCC(C)CC2)N(Cc2ccccc2)C(=O)CCl)ccc1OC(C)C. The van der Waals surface area contributed by atoms with E-state index < -0.39 is 6.04 Å². The Bertz CT molecular complexity index is 974. The topological polar surface area (TPSA) is 67.9 Å². The highest BCUT2D eigenvalue weighted by Gasteiger charge is 2.33. The number of alkyl halides is 1. The van der Waals surface area contributed by atoms with Crippen molar-refractivity contribution in [3.8, 4) is 11.5 Å². The first-order chi connectivity index (χ1) is 16.8. The van der Waals surface area contributed by atoms with Gasteiger partial charge in [0.25, 0.3) is 0 Å². The molecule has 190 valence electrons. The van der Waals surface area contributed by atoms with Crippen LogP contribution in [-0.2, 0) is 16.1 Å². The summed E-state index contributed by atoms with van der Waals surface area (Å²) in [6, 6.07) is 14.3. The third-order valence-electron chi connectivity index (χ3n) is 6.42. The Morgan fingerprint density at radius 1 is 1.06 bits per heavy atom. The van der Waals surface area contributed by atoms with Gasteiger partial charge < -0.3 is 19.7 Å². The molecule has 1 fully saturated rings. The van der Waals surface area contributed by atoms with Crippen LogP contribution in [0.5, 0.6) is 11.5 Å². The van der Waals surface area contributed by atoms with Gasteiger partial charge >= 0.3 is 0 Å². The monoisotopic (exact) mass is 500 g/mol. The van der Waals surface area contributed by atoms with Crippen molar-refractivity contribution in [2.24, 2.45) is 5.92 Å². The molecule has 0 unspecified atom stereocenters. The van der Waals surface area contributed by atoms with Crippen molar-refractivity contribution in [2.45, 2.75) is 71.2 Å². The van der Waals surface area contributed by atoms with Gasteiger partial charge in [0.05, 0.1) is 13.2 Å². The first kappa shape index (κ1) is 26.9. The smallest absolute Gasteiger partial charge is 0.247 e. The zero-order valence-corrected chi connectivity index (χ0v) is 21.9. The molecule has 1 atom stereocenters. The van der Waals surface area contributed by atoms with Crippen molar-refractivity contribution >= 4 is 23.4 Å². The van der Waals surface area contributed by atoms with Crippen LogP contribution in [0.25, 0.3) is 0 Å². The first-order valence-electron chi connectivity index (χ1n) is 12.4. The molecule has 6 nitrogen and oxygen atoms in total. The number of methoxy groups -OCH3 is 1. The van der Waals surface area contributed by atoms with E-state index in [4.69, 9.17) is 21.1 Å². The molecule has 0 saturated heterocycles. The van der Waals surface area contributed by atoms with Gasteiger partial charge in [-0.2, -0.15) is 0 Å². The molecule has 0 bridgehead atoms. The van der Waals surface area contributed by atoms with Gasteiger partial charge in [0.1, 0.15) is 11.9 Å². The maximum Gasteiger partial charge on any atom is 0.247 e. The standard InChI is InChI=1S/C28H37ClN2O4/c1-19(2)35-24-15-12-22(16-25(24)34-4)27(28(33)30-23-13-10-20(3)11-14-23)31(26(32)17-29)18-21-8-6-5-7-9-21/h5-9,12,15-16,19-20,23,27H,10-11,13-14,17-18H2,1-4H3,(H,30,33)/t20?,23?,27-/m1/s1. The molecule has 3 rings (SSSR count). The zero-order valence-electron chi connectivity index (χ0n) is 21.1. The normalized spacial score (nSPS) is 18.6. The molecular weight excluding hydrogens is 464 g/mol. The van der Waals surface area contributed by atoms with Gasteiger partial charge in [-0.1, -0.05) is 43.3 Å². The number of rotatable bonds is 10. The molecule has 0 radical (unpaired) electrons.